The first-order valence-electron chi connectivity index (χ1n) is 11.5. The number of esters is 2. The Bertz CT molecular complexity index is 905. The number of phenolic OH excluding ortho intramolecular Hbond substituents is 2. The largest absolute Gasteiger partial charge is 0.507 e. The molecule has 0 atom stereocenters. The highest BCUT2D eigenvalue weighted by Crippen LogP contribution is 2.58. The summed E-state index contributed by atoms with van der Waals surface area (Å²) in [4.78, 5) is 24.1. The molecule has 0 fully saturated rings. The zero-order valence-corrected chi connectivity index (χ0v) is 20.8. The van der Waals surface area contributed by atoms with E-state index in [1.807, 2.05) is 6.07 Å². The number of hydrogen-bond donors (Lipinski definition) is 2. The summed E-state index contributed by atoms with van der Waals surface area (Å²) in [5.74, 6) is -1.05. The zero-order chi connectivity index (χ0) is 24.8. The van der Waals surface area contributed by atoms with Gasteiger partial charge in [-0.3, -0.25) is 0 Å². The molecule has 1 aromatic rings. The van der Waals surface area contributed by atoms with E-state index in [1.54, 1.807) is 0 Å². The third kappa shape index (κ3) is 8.99. The van der Waals surface area contributed by atoms with Crippen molar-refractivity contribution < 1.29 is 29.3 Å². The molecule has 34 heavy (non-hydrogen) atoms. The Morgan fingerprint density at radius 1 is 0.853 bits per heavy atom. The molecule has 2 rings (SSSR count). The van der Waals surface area contributed by atoms with Crippen molar-refractivity contribution >= 4 is 35.5 Å². The average molecular weight is 506 g/mol. The lowest BCUT2D eigenvalue weighted by atomic mass is 10.1. The molecule has 0 saturated carbocycles. The van der Waals surface area contributed by atoms with Gasteiger partial charge in [0.2, 0.25) is 0 Å². The Balaban J connectivity index is 1.53. The van der Waals surface area contributed by atoms with Crippen molar-refractivity contribution in [3.63, 3.8) is 0 Å². The van der Waals surface area contributed by atoms with Gasteiger partial charge in [-0.05, 0) is 25.0 Å². The summed E-state index contributed by atoms with van der Waals surface area (Å²) in [6, 6.07) is 4.65. The molecule has 9 heteroatoms. The zero-order valence-electron chi connectivity index (χ0n) is 19.2. The van der Waals surface area contributed by atoms with Crippen molar-refractivity contribution in [1.29, 1.82) is 5.26 Å². The average Bonchev–Trinajstić information content (AvgIpc) is 3.28. The number of unbranched alkanes of at least 4 members (excludes halogenated alkanes) is 9. The van der Waals surface area contributed by atoms with E-state index in [-0.39, 0.29) is 29.6 Å². The van der Waals surface area contributed by atoms with Gasteiger partial charge in [0.1, 0.15) is 17.6 Å². The molecule has 0 amide bonds. The molecule has 1 aliphatic heterocycles. The molecule has 1 heterocycles. The summed E-state index contributed by atoms with van der Waals surface area (Å²) in [5.41, 5.74) is -0.108. The Hall–Kier alpha value is -2.57. The molecule has 0 spiro atoms. The van der Waals surface area contributed by atoms with Crippen molar-refractivity contribution in [3.05, 3.63) is 34.6 Å². The summed E-state index contributed by atoms with van der Waals surface area (Å²) < 4.78 is 10.6. The van der Waals surface area contributed by atoms with E-state index in [0.717, 1.165) is 68.5 Å². The van der Waals surface area contributed by atoms with Crippen LogP contribution in [-0.4, -0.2) is 35.4 Å². The molecule has 1 aromatic carbocycles. The van der Waals surface area contributed by atoms with Crippen LogP contribution in [0.1, 0.15) is 64.2 Å². The molecule has 0 aromatic heterocycles. The van der Waals surface area contributed by atoms with E-state index >= 15 is 0 Å². The predicted octanol–water partition coefficient (Wildman–Crippen LogP) is 6.20. The Morgan fingerprint density at radius 3 is 1.74 bits per heavy atom. The number of thioether (sulfide) groups is 2. The van der Waals surface area contributed by atoms with Crippen LogP contribution in [0.2, 0.25) is 0 Å². The summed E-state index contributed by atoms with van der Waals surface area (Å²) in [6.07, 6.45) is 11.7. The minimum absolute atomic E-state index is 0.00232. The van der Waals surface area contributed by atoms with E-state index in [1.165, 1.54) is 37.5 Å². The molecule has 184 valence electrons. The summed E-state index contributed by atoms with van der Waals surface area (Å²) >= 11 is 2.18. The Kier molecular flexibility index (Phi) is 12.5. The lowest BCUT2D eigenvalue weighted by Crippen LogP contribution is -2.08. The number of nitrogens with zero attached hydrogens (tertiary/aromatic N) is 1. The van der Waals surface area contributed by atoms with Gasteiger partial charge in [0.25, 0.3) is 0 Å². The molecular weight excluding hydrogens is 474 g/mol. The second kappa shape index (κ2) is 15.4. The van der Waals surface area contributed by atoms with Crippen LogP contribution >= 0.6 is 23.5 Å². The third-order valence-corrected chi connectivity index (χ3v) is 7.81. The van der Waals surface area contributed by atoms with Crippen LogP contribution in [0, 0.1) is 11.3 Å². The van der Waals surface area contributed by atoms with Crippen LogP contribution in [0.15, 0.2) is 44.4 Å². The maximum absolute atomic E-state index is 12.3. The summed E-state index contributed by atoms with van der Waals surface area (Å²) in [5, 5.41) is 29.3. The third-order valence-electron chi connectivity index (χ3n) is 5.16. The standard InChI is InChI=1S/C25H31NO6S2/c1-2-21(29)31-15-11-9-7-5-3-4-6-8-10-12-16-32-24(30)18(17-26)25-33-22-19(27)13-14-20(28)23(22)34-25/h2,13-14,27-28H,1,3-12,15-16H2. The minimum Gasteiger partial charge on any atom is -0.507 e. The number of nitriles is 1. The van der Waals surface area contributed by atoms with Gasteiger partial charge < -0.3 is 19.7 Å². The smallest absolute Gasteiger partial charge is 0.350 e. The Morgan fingerprint density at radius 2 is 1.29 bits per heavy atom. The van der Waals surface area contributed by atoms with Crippen LogP contribution in [0.5, 0.6) is 11.5 Å². The van der Waals surface area contributed by atoms with Crippen LogP contribution < -0.4 is 0 Å². The fourth-order valence-corrected chi connectivity index (χ4v) is 5.80. The maximum atomic E-state index is 12.3. The van der Waals surface area contributed by atoms with Crippen molar-refractivity contribution in [3.8, 4) is 17.6 Å². The second-order valence-electron chi connectivity index (χ2n) is 7.78. The number of aromatic hydroxyl groups is 2. The fraction of sp³-hybridized carbons (Fsp3) is 0.480. The molecule has 7 nitrogen and oxygen atoms in total. The van der Waals surface area contributed by atoms with E-state index < -0.39 is 5.97 Å². The molecule has 0 saturated heterocycles. The summed E-state index contributed by atoms with van der Waals surface area (Å²) in [6.45, 7) is 4.08. The van der Waals surface area contributed by atoms with Gasteiger partial charge in [0.15, 0.2) is 5.57 Å². The second-order valence-corrected chi connectivity index (χ2v) is 10.1. The number of rotatable bonds is 15. The number of carbonyl (C=O) groups is 2. The molecular formula is C25H31NO6S2. The monoisotopic (exact) mass is 505 g/mol. The molecule has 0 bridgehead atoms. The van der Waals surface area contributed by atoms with E-state index in [0.29, 0.717) is 20.6 Å². The first-order chi connectivity index (χ1) is 16.5. The molecule has 1 aliphatic rings. The number of fused-ring (bicyclic) bond motifs is 1. The topological polar surface area (TPSA) is 117 Å². The highest BCUT2D eigenvalue weighted by atomic mass is 32.2. The predicted molar refractivity (Wildman–Crippen MR) is 132 cm³/mol. The normalized spacial score (nSPS) is 12.0. The summed E-state index contributed by atoms with van der Waals surface area (Å²) in [7, 11) is 0. The van der Waals surface area contributed by atoms with Gasteiger partial charge in [-0.1, -0.05) is 81.5 Å². The van der Waals surface area contributed by atoms with Crippen molar-refractivity contribution in [2.45, 2.75) is 74.0 Å². The molecule has 0 radical (unpaired) electrons. The molecule has 2 N–H and O–H groups in total. The quantitative estimate of drug-likeness (QED) is 0.0943. The van der Waals surface area contributed by atoms with E-state index in [9.17, 15) is 25.1 Å². The highest BCUT2D eigenvalue weighted by molar-refractivity contribution is 8.24. The van der Waals surface area contributed by atoms with Crippen LogP contribution in [-0.2, 0) is 19.1 Å². The first-order valence-corrected chi connectivity index (χ1v) is 13.1. The van der Waals surface area contributed by atoms with Crippen molar-refractivity contribution in [2.75, 3.05) is 13.2 Å². The van der Waals surface area contributed by atoms with Gasteiger partial charge >= 0.3 is 11.9 Å². The van der Waals surface area contributed by atoms with Crippen LogP contribution in [0.4, 0.5) is 0 Å². The highest BCUT2D eigenvalue weighted by Gasteiger charge is 2.29. The van der Waals surface area contributed by atoms with Gasteiger partial charge in [0.05, 0.1) is 27.2 Å². The van der Waals surface area contributed by atoms with Gasteiger partial charge in [-0.25, -0.2) is 9.59 Å². The van der Waals surface area contributed by atoms with Crippen molar-refractivity contribution in [1.82, 2.24) is 0 Å². The van der Waals surface area contributed by atoms with Crippen LogP contribution in [0.3, 0.4) is 0 Å². The maximum Gasteiger partial charge on any atom is 0.350 e. The first kappa shape index (κ1) is 27.7. The molecule has 0 aliphatic carbocycles. The Labute approximate surface area is 209 Å². The van der Waals surface area contributed by atoms with Crippen LogP contribution in [0.25, 0.3) is 0 Å². The van der Waals surface area contributed by atoms with Gasteiger partial charge in [0, 0.05) is 6.08 Å². The minimum atomic E-state index is -0.677. The van der Waals surface area contributed by atoms with E-state index in [2.05, 4.69) is 6.58 Å². The number of ether oxygens (including phenoxy) is 2. The number of benzene rings is 1. The lowest BCUT2D eigenvalue weighted by molar-refractivity contribution is -0.139. The van der Waals surface area contributed by atoms with E-state index in [4.69, 9.17) is 9.47 Å². The van der Waals surface area contributed by atoms with Crippen molar-refractivity contribution in [2.24, 2.45) is 0 Å². The SMILES string of the molecule is C=CC(=O)OCCCCCCCCCCCCOC(=O)C(C#N)=C1Sc2c(O)ccc(O)c2S1. The van der Waals surface area contributed by atoms with Gasteiger partial charge in [-0.2, -0.15) is 5.26 Å². The molecule has 0 unspecified atom stereocenters. The number of hydrogen-bond acceptors (Lipinski definition) is 9. The number of carbonyl (C=O) groups excluding carboxylic acids is 2. The number of phenols is 2. The lowest BCUT2D eigenvalue weighted by Gasteiger charge is -2.06. The fourth-order valence-electron chi connectivity index (χ4n) is 3.31. The van der Waals surface area contributed by atoms with Gasteiger partial charge in [-0.15, -0.1) is 0 Å².